The lowest BCUT2D eigenvalue weighted by atomic mass is 9.84. The third-order valence-corrected chi connectivity index (χ3v) is 4.68. The van der Waals surface area contributed by atoms with Crippen molar-refractivity contribution in [2.75, 3.05) is 0 Å². The summed E-state index contributed by atoms with van der Waals surface area (Å²) in [6.07, 6.45) is 8.99. The molecular weight excluding hydrogens is 212 g/mol. The standard InChI is InChI=1S/C15H26O2/c1-4-5-8-14(2,3)17-13(16)15-9-6-12(11-15)7-10-15/h12H,4-11H2,1-3H3. The Hall–Kier alpha value is -0.530. The molecule has 0 saturated heterocycles. The van der Waals surface area contributed by atoms with Crippen LogP contribution >= 0.6 is 0 Å². The largest absolute Gasteiger partial charge is 0.459 e. The Morgan fingerprint density at radius 2 is 2.00 bits per heavy atom. The molecule has 98 valence electrons. The summed E-state index contributed by atoms with van der Waals surface area (Å²) in [4.78, 5) is 12.4. The number of ether oxygens (including phenoxy) is 1. The Balaban J connectivity index is 1.92. The van der Waals surface area contributed by atoms with Crippen molar-refractivity contribution in [1.82, 2.24) is 0 Å². The van der Waals surface area contributed by atoms with Gasteiger partial charge in [0.1, 0.15) is 5.60 Å². The lowest BCUT2D eigenvalue weighted by Crippen LogP contribution is -2.36. The van der Waals surface area contributed by atoms with Gasteiger partial charge >= 0.3 is 5.97 Å². The fourth-order valence-electron chi connectivity index (χ4n) is 3.49. The second kappa shape index (κ2) is 4.62. The van der Waals surface area contributed by atoms with Crippen LogP contribution in [0.2, 0.25) is 0 Å². The number of carbonyl (C=O) groups excluding carboxylic acids is 1. The van der Waals surface area contributed by atoms with Crippen molar-refractivity contribution in [3.8, 4) is 0 Å². The first-order valence-electron chi connectivity index (χ1n) is 7.21. The molecule has 2 nitrogen and oxygen atoms in total. The molecule has 0 unspecified atom stereocenters. The molecule has 0 spiro atoms. The van der Waals surface area contributed by atoms with E-state index in [1.54, 1.807) is 0 Å². The molecule has 17 heavy (non-hydrogen) atoms. The predicted molar refractivity (Wildman–Crippen MR) is 68.7 cm³/mol. The van der Waals surface area contributed by atoms with Gasteiger partial charge in [0.25, 0.3) is 0 Å². The first-order valence-corrected chi connectivity index (χ1v) is 7.21. The van der Waals surface area contributed by atoms with Gasteiger partial charge in [0.05, 0.1) is 5.41 Å². The topological polar surface area (TPSA) is 26.3 Å². The number of fused-ring (bicyclic) bond motifs is 2. The third kappa shape index (κ3) is 2.66. The van der Waals surface area contributed by atoms with Crippen LogP contribution in [-0.2, 0) is 9.53 Å². The van der Waals surface area contributed by atoms with E-state index in [9.17, 15) is 4.79 Å². The van der Waals surface area contributed by atoms with Gasteiger partial charge in [-0.3, -0.25) is 4.79 Å². The van der Waals surface area contributed by atoms with Crippen LogP contribution in [0.1, 0.15) is 72.1 Å². The highest BCUT2D eigenvalue weighted by Gasteiger charge is 2.52. The zero-order valence-corrected chi connectivity index (χ0v) is 11.6. The average Bonchev–Trinajstić information content (AvgIpc) is 2.87. The van der Waals surface area contributed by atoms with Gasteiger partial charge in [0.15, 0.2) is 0 Å². The Morgan fingerprint density at radius 3 is 2.47 bits per heavy atom. The van der Waals surface area contributed by atoms with Crippen molar-refractivity contribution in [1.29, 1.82) is 0 Å². The highest BCUT2D eigenvalue weighted by Crippen LogP contribution is 2.55. The molecule has 2 rings (SSSR count). The van der Waals surface area contributed by atoms with E-state index in [4.69, 9.17) is 4.74 Å². The minimum Gasteiger partial charge on any atom is -0.459 e. The molecule has 0 heterocycles. The Labute approximate surface area is 105 Å². The van der Waals surface area contributed by atoms with E-state index in [1.165, 1.54) is 12.8 Å². The van der Waals surface area contributed by atoms with Crippen molar-refractivity contribution in [2.24, 2.45) is 11.3 Å². The van der Waals surface area contributed by atoms with Gasteiger partial charge in [0.2, 0.25) is 0 Å². The highest BCUT2D eigenvalue weighted by atomic mass is 16.6. The monoisotopic (exact) mass is 238 g/mol. The summed E-state index contributed by atoms with van der Waals surface area (Å²) in [6, 6.07) is 0. The lowest BCUT2D eigenvalue weighted by molar-refractivity contribution is -0.169. The Kier molecular flexibility index (Phi) is 3.51. The van der Waals surface area contributed by atoms with Crippen LogP contribution in [-0.4, -0.2) is 11.6 Å². The molecule has 0 amide bonds. The molecule has 0 aromatic carbocycles. The van der Waals surface area contributed by atoms with E-state index in [0.29, 0.717) is 0 Å². The van der Waals surface area contributed by atoms with Crippen LogP contribution in [0.15, 0.2) is 0 Å². The van der Waals surface area contributed by atoms with Gasteiger partial charge in [-0.15, -0.1) is 0 Å². The fourth-order valence-corrected chi connectivity index (χ4v) is 3.49. The van der Waals surface area contributed by atoms with Gasteiger partial charge in [-0.1, -0.05) is 13.3 Å². The summed E-state index contributed by atoms with van der Waals surface area (Å²) >= 11 is 0. The maximum absolute atomic E-state index is 12.4. The average molecular weight is 238 g/mol. The van der Waals surface area contributed by atoms with E-state index < -0.39 is 0 Å². The lowest BCUT2D eigenvalue weighted by Gasteiger charge is -2.31. The van der Waals surface area contributed by atoms with Crippen LogP contribution in [0.25, 0.3) is 0 Å². The molecule has 0 aromatic rings. The second-order valence-corrected chi connectivity index (χ2v) is 6.68. The SMILES string of the molecule is CCCCC(C)(C)OC(=O)C12CCC(CC1)C2. The third-order valence-electron chi connectivity index (χ3n) is 4.68. The van der Waals surface area contributed by atoms with Crippen molar-refractivity contribution < 1.29 is 9.53 Å². The summed E-state index contributed by atoms with van der Waals surface area (Å²) in [7, 11) is 0. The molecule has 0 aliphatic heterocycles. The predicted octanol–water partition coefficient (Wildman–Crippen LogP) is 4.08. The number of hydrogen-bond acceptors (Lipinski definition) is 2. The van der Waals surface area contributed by atoms with Crippen LogP contribution in [0, 0.1) is 11.3 Å². The molecule has 2 aliphatic rings. The number of rotatable bonds is 5. The highest BCUT2D eigenvalue weighted by molar-refractivity contribution is 5.78. The maximum Gasteiger partial charge on any atom is 0.312 e. The Morgan fingerprint density at radius 1 is 1.35 bits per heavy atom. The molecule has 2 aliphatic carbocycles. The summed E-state index contributed by atoms with van der Waals surface area (Å²) in [5, 5.41) is 0. The van der Waals surface area contributed by atoms with Gasteiger partial charge in [-0.25, -0.2) is 0 Å². The number of esters is 1. The molecule has 2 saturated carbocycles. The summed E-state index contributed by atoms with van der Waals surface area (Å²) in [5.41, 5.74) is -0.364. The molecule has 2 bridgehead atoms. The minimum absolute atomic E-state index is 0.0891. The van der Waals surface area contributed by atoms with Crippen molar-refractivity contribution >= 4 is 5.97 Å². The molecule has 0 aromatic heterocycles. The van der Waals surface area contributed by atoms with Crippen molar-refractivity contribution in [3.63, 3.8) is 0 Å². The van der Waals surface area contributed by atoms with E-state index >= 15 is 0 Å². The molecule has 0 N–H and O–H groups in total. The van der Waals surface area contributed by atoms with Crippen LogP contribution in [0.3, 0.4) is 0 Å². The Bertz CT molecular complexity index is 285. The van der Waals surface area contributed by atoms with E-state index in [-0.39, 0.29) is 17.0 Å². The molecule has 2 heteroatoms. The number of hydrogen-bond donors (Lipinski definition) is 0. The molecule has 2 fully saturated rings. The summed E-state index contributed by atoms with van der Waals surface area (Å²) in [6.45, 7) is 6.28. The van der Waals surface area contributed by atoms with Crippen molar-refractivity contribution in [3.05, 3.63) is 0 Å². The van der Waals surface area contributed by atoms with Gasteiger partial charge in [0, 0.05) is 0 Å². The van der Waals surface area contributed by atoms with E-state index in [0.717, 1.165) is 44.4 Å². The first kappa shape index (κ1) is 12.9. The van der Waals surface area contributed by atoms with Crippen molar-refractivity contribution in [2.45, 2.75) is 77.7 Å². The quantitative estimate of drug-likeness (QED) is 0.675. The summed E-state index contributed by atoms with van der Waals surface area (Å²) in [5.74, 6) is 0.903. The minimum atomic E-state index is -0.275. The molecule has 0 radical (unpaired) electrons. The van der Waals surface area contributed by atoms with Gasteiger partial charge < -0.3 is 4.74 Å². The molecular formula is C15H26O2. The van der Waals surface area contributed by atoms with Crippen LogP contribution in [0.4, 0.5) is 0 Å². The van der Waals surface area contributed by atoms with Gasteiger partial charge in [-0.05, 0) is 64.7 Å². The smallest absolute Gasteiger partial charge is 0.312 e. The normalized spacial score (nSPS) is 31.8. The van der Waals surface area contributed by atoms with Crippen LogP contribution in [0.5, 0.6) is 0 Å². The molecule has 0 atom stereocenters. The first-order chi connectivity index (χ1) is 7.97. The zero-order valence-electron chi connectivity index (χ0n) is 11.6. The van der Waals surface area contributed by atoms with Gasteiger partial charge in [-0.2, -0.15) is 0 Å². The fraction of sp³-hybridized carbons (Fsp3) is 0.933. The summed E-state index contributed by atoms with van der Waals surface area (Å²) < 4.78 is 5.81. The zero-order chi connectivity index (χ0) is 12.5. The van der Waals surface area contributed by atoms with E-state index in [2.05, 4.69) is 20.8 Å². The maximum atomic E-state index is 12.4. The second-order valence-electron chi connectivity index (χ2n) is 6.68. The van der Waals surface area contributed by atoms with Crippen LogP contribution < -0.4 is 0 Å². The number of carbonyl (C=O) groups is 1. The van der Waals surface area contributed by atoms with E-state index in [1.807, 2.05) is 0 Å². The number of unbranched alkanes of at least 4 members (excludes halogenated alkanes) is 1.